The minimum absolute atomic E-state index is 0.431. The van der Waals surface area contributed by atoms with Crippen molar-refractivity contribution in [3.05, 3.63) is 53.7 Å². The molecule has 0 N–H and O–H groups in total. The minimum atomic E-state index is 0.431. The number of imidazole rings is 1. The van der Waals surface area contributed by atoms with Gasteiger partial charge >= 0.3 is 0 Å². The highest BCUT2D eigenvalue weighted by Gasteiger charge is 2.49. The van der Waals surface area contributed by atoms with Crippen molar-refractivity contribution < 1.29 is 4.74 Å². The van der Waals surface area contributed by atoms with Gasteiger partial charge in [-0.3, -0.25) is 0 Å². The van der Waals surface area contributed by atoms with Crippen molar-refractivity contribution in [1.29, 1.82) is 0 Å². The Morgan fingerprint density at radius 3 is 2.76 bits per heavy atom. The van der Waals surface area contributed by atoms with E-state index < -0.39 is 0 Å². The van der Waals surface area contributed by atoms with Crippen LogP contribution >= 0.6 is 0 Å². The van der Waals surface area contributed by atoms with Crippen molar-refractivity contribution in [1.82, 2.24) is 14.3 Å². The first-order valence-corrected chi connectivity index (χ1v) is 7.28. The predicted molar refractivity (Wildman–Crippen MR) is 83.8 cm³/mol. The number of allylic oxidation sites excluding steroid dienone is 3. The normalized spacial score (nSPS) is 24.0. The molecular weight excluding hydrogens is 264 g/mol. The summed E-state index contributed by atoms with van der Waals surface area (Å²) in [5.74, 6) is 2.82. The second-order valence-electron chi connectivity index (χ2n) is 5.29. The highest BCUT2D eigenvalue weighted by atomic mass is 16.5. The third-order valence-corrected chi connectivity index (χ3v) is 4.03. The van der Waals surface area contributed by atoms with Crippen LogP contribution in [0.15, 0.2) is 52.9 Å². The smallest absolute Gasteiger partial charge is 0.235 e. The van der Waals surface area contributed by atoms with Gasteiger partial charge in [-0.15, -0.1) is 4.59 Å². The van der Waals surface area contributed by atoms with Gasteiger partial charge in [0.15, 0.2) is 11.6 Å². The number of methoxy groups -OCH3 is 1. The number of nitrogens with zero attached hydrogens (tertiary/aromatic N) is 4. The molecule has 0 aromatic carbocycles. The summed E-state index contributed by atoms with van der Waals surface area (Å²) < 4.78 is 8.18. The van der Waals surface area contributed by atoms with Crippen molar-refractivity contribution in [3.8, 4) is 0 Å². The zero-order chi connectivity index (χ0) is 15.0. The van der Waals surface area contributed by atoms with Crippen LogP contribution in [0.1, 0.15) is 32.5 Å². The third kappa shape index (κ3) is 1.81. The van der Waals surface area contributed by atoms with Crippen molar-refractivity contribution in [2.45, 2.75) is 33.6 Å². The van der Waals surface area contributed by atoms with Gasteiger partial charge in [-0.05, 0) is 25.5 Å². The van der Waals surface area contributed by atoms with Gasteiger partial charge < -0.3 is 4.74 Å². The molecule has 0 fully saturated rings. The first-order chi connectivity index (χ1) is 10.1. The number of aryl methyl sites for hydroxylation is 1. The fourth-order valence-corrected chi connectivity index (χ4v) is 3.13. The molecule has 1 aromatic rings. The number of aliphatic imine (C=N–C) groups is 1. The molecule has 2 aliphatic rings. The van der Waals surface area contributed by atoms with E-state index in [0.29, 0.717) is 4.59 Å². The minimum Gasteiger partial charge on any atom is -0.491 e. The van der Waals surface area contributed by atoms with Crippen molar-refractivity contribution >= 4 is 5.84 Å². The Hall–Kier alpha value is -2.14. The number of hydrogen-bond acceptors (Lipinski definition) is 3. The van der Waals surface area contributed by atoms with Crippen molar-refractivity contribution in [3.63, 3.8) is 0 Å². The Morgan fingerprint density at radius 1 is 1.33 bits per heavy atom. The van der Waals surface area contributed by atoms with Crippen LogP contribution in [-0.2, 0) is 4.74 Å². The Balaban J connectivity index is 2.27. The summed E-state index contributed by atoms with van der Waals surface area (Å²) in [5.41, 5.74) is 2.20. The van der Waals surface area contributed by atoms with Crippen LogP contribution in [0.25, 0.3) is 0 Å². The zero-order valence-electron chi connectivity index (χ0n) is 13.0. The maximum Gasteiger partial charge on any atom is 0.235 e. The van der Waals surface area contributed by atoms with Gasteiger partial charge in [0.25, 0.3) is 0 Å². The van der Waals surface area contributed by atoms with Gasteiger partial charge in [0.2, 0.25) is 11.5 Å². The highest BCUT2D eigenvalue weighted by Crippen LogP contribution is 2.38. The van der Waals surface area contributed by atoms with E-state index in [2.05, 4.69) is 29.7 Å². The molecule has 3 rings (SSSR count). The van der Waals surface area contributed by atoms with E-state index in [4.69, 9.17) is 9.73 Å². The van der Waals surface area contributed by atoms with Crippen molar-refractivity contribution in [2.24, 2.45) is 4.99 Å². The summed E-state index contributed by atoms with van der Waals surface area (Å²) in [4.78, 5) is 9.22. The van der Waals surface area contributed by atoms with E-state index in [1.165, 1.54) is 0 Å². The van der Waals surface area contributed by atoms with Gasteiger partial charge in [-0.25, -0.2) is 4.98 Å². The number of amidine groups is 1. The van der Waals surface area contributed by atoms with Crippen LogP contribution in [-0.4, -0.2) is 22.6 Å². The maximum absolute atomic E-state index is 5.62. The lowest BCUT2D eigenvalue weighted by molar-refractivity contribution is 0.261. The molecule has 0 amide bonds. The van der Waals surface area contributed by atoms with Crippen LogP contribution < -0.4 is 4.59 Å². The fourth-order valence-electron chi connectivity index (χ4n) is 3.13. The largest absolute Gasteiger partial charge is 0.491 e. The van der Waals surface area contributed by atoms with E-state index in [0.717, 1.165) is 41.7 Å². The van der Waals surface area contributed by atoms with E-state index in [9.17, 15) is 0 Å². The second-order valence-corrected chi connectivity index (χ2v) is 5.29. The number of quaternary nitrogens is 1. The van der Waals surface area contributed by atoms with Crippen LogP contribution in [0.4, 0.5) is 0 Å². The van der Waals surface area contributed by atoms with Crippen LogP contribution in [0.2, 0.25) is 0 Å². The molecule has 3 heterocycles. The molecule has 1 unspecified atom stereocenters. The number of ether oxygens (including phenoxy) is 1. The molecule has 0 bridgehead atoms. The van der Waals surface area contributed by atoms with E-state index >= 15 is 0 Å². The molecule has 21 heavy (non-hydrogen) atoms. The standard InChI is InChI=1S/C16H21N4O/c1-5-7-14-16-15(21-4)8-6-11-20(16,13(3)18-14)19-10-9-17-12(19)2/h6,8-11H,5,7H2,1-4H3/q+1. The lowest BCUT2D eigenvalue weighted by atomic mass is 10.1. The highest BCUT2D eigenvalue weighted by molar-refractivity contribution is 5.94. The average molecular weight is 285 g/mol. The Bertz CT molecular complexity index is 693. The van der Waals surface area contributed by atoms with Crippen LogP contribution in [0.5, 0.6) is 0 Å². The molecule has 0 aliphatic carbocycles. The van der Waals surface area contributed by atoms with Crippen LogP contribution in [0.3, 0.4) is 0 Å². The van der Waals surface area contributed by atoms with E-state index in [1.54, 1.807) is 7.11 Å². The van der Waals surface area contributed by atoms with Gasteiger partial charge in [-0.1, -0.05) is 13.3 Å². The van der Waals surface area contributed by atoms with Gasteiger partial charge in [0, 0.05) is 6.92 Å². The lowest BCUT2D eigenvalue weighted by Crippen LogP contribution is -2.55. The van der Waals surface area contributed by atoms with Gasteiger partial charge in [-0.2, -0.15) is 9.67 Å². The molecular formula is C16H21N4O+. The van der Waals surface area contributed by atoms with Crippen LogP contribution in [0, 0.1) is 6.92 Å². The molecule has 1 atom stereocenters. The Labute approximate surface area is 125 Å². The molecule has 0 radical (unpaired) electrons. The first kappa shape index (κ1) is 13.8. The van der Waals surface area contributed by atoms with E-state index in [1.807, 2.05) is 31.5 Å². The summed E-state index contributed by atoms with van der Waals surface area (Å²) in [6.45, 7) is 6.24. The molecule has 5 heteroatoms. The monoisotopic (exact) mass is 285 g/mol. The summed E-state index contributed by atoms with van der Waals surface area (Å²) in [5, 5.41) is 0. The number of fused-ring (bicyclic) bond motifs is 1. The fraction of sp³-hybridized carbons (Fsp3) is 0.375. The first-order valence-electron chi connectivity index (χ1n) is 7.28. The molecule has 0 spiro atoms. The number of aromatic nitrogens is 2. The maximum atomic E-state index is 5.62. The molecule has 0 saturated heterocycles. The number of rotatable bonds is 4. The second kappa shape index (κ2) is 5.00. The predicted octanol–water partition coefficient (Wildman–Crippen LogP) is 3.13. The quantitative estimate of drug-likeness (QED) is 0.797. The zero-order valence-corrected chi connectivity index (χ0v) is 13.0. The van der Waals surface area contributed by atoms with Crippen molar-refractivity contribution in [2.75, 3.05) is 7.11 Å². The number of hydrogen-bond donors (Lipinski definition) is 0. The molecule has 110 valence electrons. The SMILES string of the molecule is CCCC1=C2C(OC)=CC=C[N+]2(n2ccnc2C)C(C)=N1. The van der Waals surface area contributed by atoms with E-state index in [-0.39, 0.29) is 0 Å². The Kier molecular flexibility index (Phi) is 3.29. The third-order valence-electron chi connectivity index (χ3n) is 4.03. The Morgan fingerprint density at radius 2 is 2.14 bits per heavy atom. The topological polar surface area (TPSA) is 39.4 Å². The molecule has 1 aromatic heterocycles. The molecule has 5 nitrogen and oxygen atoms in total. The average Bonchev–Trinajstić information content (AvgIpc) is 3.02. The molecule has 0 saturated carbocycles. The molecule has 2 aliphatic heterocycles. The van der Waals surface area contributed by atoms with Gasteiger partial charge in [0.1, 0.15) is 11.9 Å². The lowest BCUT2D eigenvalue weighted by Gasteiger charge is -2.34. The summed E-state index contributed by atoms with van der Waals surface area (Å²) in [6.07, 6.45) is 12.0. The summed E-state index contributed by atoms with van der Waals surface area (Å²) in [7, 11) is 1.71. The summed E-state index contributed by atoms with van der Waals surface area (Å²) >= 11 is 0. The summed E-state index contributed by atoms with van der Waals surface area (Å²) in [6, 6.07) is 0. The van der Waals surface area contributed by atoms with Gasteiger partial charge in [0.05, 0.1) is 19.5 Å².